The summed E-state index contributed by atoms with van der Waals surface area (Å²) in [5.74, 6) is 0. The molecule has 1 aliphatic rings. The van der Waals surface area contributed by atoms with Crippen LogP contribution in [0.3, 0.4) is 0 Å². The normalized spacial score (nSPS) is 14.7. The second-order valence-electron chi connectivity index (χ2n) is 5.77. The molecule has 104 valence electrons. The summed E-state index contributed by atoms with van der Waals surface area (Å²) in [5, 5.41) is 14.8. The van der Waals surface area contributed by atoms with Crippen LogP contribution in [0.2, 0.25) is 0 Å². The lowest BCUT2D eigenvalue weighted by atomic mass is 9.90. The minimum absolute atomic E-state index is 0.0900. The van der Waals surface area contributed by atoms with Crippen molar-refractivity contribution in [2.24, 2.45) is 0 Å². The van der Waals surface area contributed by atoms with Crippen LogP contribution in [0.15, 0.2) is 18.2 Å². The zero-order valence-electron chi connectivity index (χ0n) is 11.6. The second-order valence-corrected chi connectivity index (χ2v) is 5.77. The van der Waals surface area contributed by atoms with E-state index in [1.807, 2.05) is 12.1 Å². The molecule has 2 rings (SSSR count). The Kier molecular flexibility index (Phi) is 4.10. The Labute approximate surface area is 114 Å². The molecule has 3 N–H and O–H groups in total. The van der Waals surface area contributed by atoms with E-state index >= 15 is 0 Å². The maximum absolute atomic E-state index is 11.9. The first kappa shape index (κ1) is 13.9. The number of carbonyl (C=O) groups is 1. The highest BCUT2D eigenvalue weighted by molar-refractivity contribution is 5.90. The first-order valence-corrected chi connectivity index (χ1v) is 6.83. The van der Waals surface area contributed by atoms with Gasteiger partial charge >= 0.3 is 6.03 Å². The monoisotopic (exact) mass is 262 g/mol. The van der Waals surface area contributed by atoms with E-state index in [0.717, 1.165) is 18.5 Å². The predicted octanol–water partition coefficient (Wildman–Crippen LogP) is 2.46. The summed E-state index contributed by atoms with van der Waals surface area (Å²) in [4.78, 5) is 11.9. The summed E-state index contributed by atoms with van der Waals surface area (Å²) >= 11 is 0. The molecule has 0 saturated heterocycles. The van der Waals surface area contributed by atoms with Crippen molar-refractivity contribution in [3.63, 3.8) is 0 Å². The van der Waals surface area contributed by atoms with E-state index in [9.17, 15) is 4.79 Å². The van der Waals surface area contributed by atoms with E-state index in [2.05, 4.69) is 16.7 Å². The molecule has 0 radical (unpaired) electrons. The molecule has 0 bridgehead atoms. The van der Waals surface area contributed by atoms with Crippen molar-refractivity contribution in [3.8, 4) is 0 Å². The van der Waals surface area contributed by atoms with E-state index < -0.39 is 5.54 Å². The van der Waals surface area contributed by atoms with E-state index in [0.29, 0.717) is 0 Å². The Bertz CT molecular complexity index is 469. The van der Waals surface area contributed by atoms with Crippen molar-refractivity contribution in [1.29, 1.82) is 0 Å². The van der Waals surface area contributed by atoms with Gasteiger partial charge in [-0.3, -0.25) is 0 Å². The van der Waals surface area contributed by atoms with Crippen LogP contribution in [0.4, 0.5) is 10.5 Å². The highest BCUT2D eigenvalue weighted by Gasteiger charge is 2.20. The number of rotatable bonds is 3. The fourth-order valence-electron chi connectivity index (χ4n) is 2.40. The molecule has 19 heavy (non-hydrogen) atoms. The van der Waals surface area contributed by atoms with Crippen LogP contribution in [-0.2, 0) is 12.8 Å². The molecule has 0 aliphatic heterocycles. The van der Waals surface area contributed by atoms with Gasteiger partial charge in [-0.15, -0.1) is 0 Å². The number of hydrogen-bond acceptors (Lipinski definition) is 2. The topological polar surface area (TPSA) is 61.4 Å². The molecule has 0 saturated carbocycles. The van der Waals surface area contributed by atoms with Gasteiger partial charge in [0.2, 0.25) is 0 Å². The molecular weight excluding hydrogens is 240 g/mol. The van der Waals surface area contributed by atoms with Crippen molar-refractivity contribution in [2.75, 3.05) is 11.9 Å². The van der Waals surface area contributed by atoms with Gasteiger partial charge in [0.1, 0.15) is 0 Å². The van der Waals surface area contributed by atoms with E-state index in [1.165, 1.54) is 24.0 Å². The number of benzene rings is 1. The average Bonchev–Trinajstić information content (AvgIpc) is 2.38. The number of anilines is 1. The van der Waals surface area contributed by atoms with Gasteiger partial charge in [-0.05, 0) is 56.7 Å². The zero-order chi connectivity index (χ0) is 13.9. The standard InChI is InChI=1S/C15H22N2O2/c1-15(2,10-18)17-14(19)16-13-9-5-7-11-6-3-4-8-12(11)13/h5,7,9,18H,3-4,6,8,10H2,1-2H3,(H2,16,17,19). The highest BCUT2D eigenvalue weighted by atomic mass is 16.3. The molecule has 0 spiro atoms. The van der Waals surface area contributed by atoms with E-state index in [1.54, 1.807) is 13.8 Å². The Morgan fingerprint density at radius 1 is 1.32 bits per heavy atom. The highest BCUT2D eigenvalue weighted by Crippen LogP contribution is 2.27. The van der Waals surface area contributed by atoms with Crippen LogP contribution in [0, 0.1) is 0 Å². The zero-order valence-corrected chi connectivity index (χ0v) is 11.6. The van der Waals surface area contributed by atoms with Crippen LogP contribution in [0.1, 0.15) is 37.8 Å². The molecule has 4 nitrogen and oxygen atoms in total. The van der Waals surface area contributed by atoms with Crippen molar-refractivity contribution in [2.45, 2.75) is 45.1 Å². The van der Waals surface area contributed by atoms with Gasteiger partial charge in [0.15, 0.2) is 0 Å². The van der Waals surface area contributed by atoms with E-state index in [-0.39, 0.29) is 12.6 Å². The molecular formula is C15H22N2O2. The fraction of sp³-hybridized carbons (Fsp3) is 0.533. The van der Waals surface area contributed by atoms with Crippen LogP contribution < -0.4 is 10.6 Å². The van der Waals surface area contributed by atoms with Crippen LogP contribution >= 0.6 is 0 Å². The van der Waals surface area contributed by atoms with E-state index in [4.69, 9.17) is 5.11 Å². The van der Waals surface area contributed by atoms with Gasteiger partial charge in [0, 0.05) is 5.69 Å². The smallest absolute Gasteiger partial charge is 0.319 e. The fourth-order valence-corrected chi connectivity index (χ4v) is 2.40. The minimum Gasteiger partial charge on any atom is -0.394 e. The number of carbonyl (C=O) groups excluding carboxylic acids is 1. The summed E-state index contributed by atoms with van der Waals surface area (Å²) in [6.07, 6.45) is 4.51. The summed E-state index contributed by atoms with van der Waals surface area (Å²) in [6, 6.07) is 5.79. The molecule has 4 heteroatoms. The van der Waals surface area contributed by atoms with Gasteiger partial charge in [-0.2, -0.15) is 0 Å². The molecule has 1 aromatic rings. The number of aliphatic hydroxyl groups is 1. The summed E-state index contributed by atoms with van der Waals surface area (Å²) in [5.41, 5.74) is 2.87. The molecule has 2 amide bonds. The minimum atomic E-state index is -0.612. The summed E-state index contributed by atoms with van der Waals surface area (Å²) in [6.45, 7) is 3.48. The lowest BCUT2D eigenvalue weighted by molar-refractivity contribution is 0.187. The molecule has 0 aromatic heterocycles. The molecule has 0 fully saturated rings. The largest absolute Gasteiger partial charge is 0.394 e. The molecule has 0 heterocycles. The first-order chi connectivity index (χ1) is 9.02. The van der Waals surface area contributed by atoms with Gasteiger partial charge in [0.05, 0.1) is 12.1 Å². The number of aryl methyl sites for hydroxylation is 1. The maximum Gasteiger partial charge on any atom is 0.319 e. The van der Waals surface area contributed by atoms with Crippen molar-refractivity contribution >= 4 is 11.7 Å². The Hall–Kier alpha value is -1.55. The van der Waals surface area contributed by atoms with Gasteiger partial charge in [-0.1, -0.05) is 12.1 Å². The Morgan fingerprint density at radius 3 is 2.79 bits per heavy atom. The predicted molar refractivity (Wildman–Crippen MR) is 76.4 cm³/mol. The number of amides is 2. The van der Waals surface area contributed by atoms with Gasteiger partial charge < -0.3 is 15.7 Å². The lowest BCUT2D eigenvalue weighted by Crippen LogP contribution is -2.48. The van der Waals surface area contributed by atoms with Gasteiger partial charge in [0.25, 0.3) is 0 Å². The number of urea groups is 1. The average molecular weight is 262 g/mol. The summed E-state index contributed by atoms with van der Waals surface area (Å²) in [7, 11) is 0. The second kappa shape index (κ2) is 5.61. The Balaban J connectivity index is 2.09. The van der Waals surface area contributed by atoms with Crippen molar-refractivity contribution in [3.05, 3.63) is 29.3 Å². The molecule has 1 aliphatic carbocycles. The van der Waals surface area contributed by atoms with Crippen LogP contribution in [-0.4, -0.2) is 23.3 Å². The van der Waals surface area contributed by atoms with Crippen molar-refractivity contribution in [1.82, 2.24) is 5.32 Å². The SMILES string of the molecule is CC(C)(CO)NC(=O)Nc1cccc2c1CCCC2. The number of fused-ring (bicyclic) bond motifs is 1. The quantitative estimate of drug-likeness (QED) is 0.783. The molecule has 1 aromatic carbocycles. The number of nitrogens with one attached hydrogen (secondary N) is 2. The van der Waals surface area contributed by atoms with Crippen LogP contribution in [0.25, 0.3) is 0 Å². The van der Waals surface area contributed by atoms with Crippen molar-refractivity contribution < 1.29 is 9.90 Å². The number of hydrogen-bond donors (Lipinski definition) is 3. The maximum atomic E-state index is 11.9. The third-order valence-electron chi connectivity index (χ3n) is 3.49. The lowest BCUT2D eigenvalue weighted by Gasteiger charge is -2.25. The first-order valence-electron chi connectivity index (χ1n) is 6.83. The Morgan fingerprint density at radius 2 is 2.05 bits per heavy atom. The van der Waals surface area contributed by atoms with Gasteiger partial charge in [-0.25, -0.2) is 4.79 Å². The third kappa shape index (κ3) is 3.47. The molecule has 0 unspecified atom stereocenters. The third-order valence-corrected chi connectivity index (χ3v) is 3.49. The number of aliphatic hydroxyl groups excluding tert-OH is 1. The summed E-state index contributed by atoms with van der Waals surface area (Å²) < 4.78 is 0. The van der Waals surface area contributed by atoms with Crippen LogP contribution in [0.5, 0.6) is 0 Å². The molecule has 0 atom stereocenters.